The number of para-hydroxylation sites is 1. The first kappa shape index (κ1) is 32.0. The zero-order valence-corrected chi connectivity index (χ0v) is 25.7. The average Bonchev–Trinajstić information content (AvgIpc) is 3.42. The molecule has 0 spiro atoms. The number of carbonyl (C=O) groups is 3. The topological polar surface area (TPSA) is 119 Å². The number of alkyl halides is 3. The fourth-order valence-corrected chi connectivity index (χ4v) is 5.03. The molecule has 234 valence electrons. The SMILES string of the molecule is COc1cc(C(=O)Oc2ccc(Br)cc2C=NNC(=O)c2[nH]c3c(C(F)(F)F)cccc3c2-c2ccccc2)ccc1OC(C)=O. The molecule has 0 radical (unpaired) electrons. The predicted molar refractivity (Wildman–Crippen MR) is 167 cm³/mol. The van der Waals surface area contributed by atoms with E-state index in [0.717, 1.165) is 6.07 Å². The molecule has 0 bridgehead atoms. The summed E-state index contributed by atoms with van der Waals surface area (Å²) < 4.78 is 57.9. The Bertz CT molecular complexity index is 1990. The molecule has 13 heteroatoms. The molecule has 0 fully saturated rings. The highest BCUT2D eigenvalue weighted by atomic mass is 79.9. The summed E-state index contributed by atoms with van der Waals surface area (Å²) >= 11 is 3.34. The largest absolute Gasteiger partial charge is 0.493 e. The number of nitrogens with zero attached hydrogens (tertiary/aromatic N) is 1. The molecule has 4 aromatic carbocycles. The van der Waals surface area contributed by atoms with Gasteiger partial charge < -0.3 is 19.2 Å². The number of hydrazone groups is 1. The lowest BCUT2D eigenvalue weighted by Crippen LogP contribution is -2.19. The molecule has 46 heavy (non-hydrogen) atoms. The van der Waals surface area contributed by atoms with Gasteiger partial charge in [0.05, 0.1) is 30.0 Å². The third-order valence-corrected chi connectivity index (χ3v) is 7.12. The van der Waals surface area contributed by atoms with Crippen molar-refractivity contribution in [2.75, 3.05) is 7.11 Å². The van der Waals surface area contributed by atoms with Crippen LogP contribution in [0.25, 0.3) is 22.0 Å². The van der Waals surface area contributed by atoms with Gasteiger partial charge in [0.25, 0.3) is 5.91 Å². The Morgan fingerprint density at radius 1 is 0.891 bits per heavy atom. The minimum atomic E-state index is -4.66. The number of methoxy groups -OCH3 is 1. The molecular formula is C33H23BrF3N3O6. The molecule has 5 rings (SSSR count). The van der Waals surface area contributed by atoms with Crippen LogP contribution in [0.1, 0.15) is 38.9 Å². The van der Waals surface area contributed by atoms with Crippen molar-refractivity contribution in [3.05, 3.63) is 112 Å². The van der Waals surface area contributed by atoms with Gasteiger partial charge in [-0.15, -0.1) is 0 Å². The number of H-pyrrole nitrogens is 1. The summed E-state index contributed by atoms with van der Waals surface area (Å²) in [7, 11) is 1.35. The monoisotopic (exact) mass is 693 g/mol. The minimum absolute atomic E-state index is 0.0830. The van der Waals surface area contributed by atoms with E-state index in [1.807, 2.05) is 0 Å². The van der Waals surface area contributed by atoms with Crippen molar-refractivity contribution in [3.63, 3.8) is 0 Å². The number of fused-ring (bicyclic) bond motifs is 1. The van der Waals surface area contributed by atoms with Gasteiger partial charge in [-0.2, -0.15) is 18.3 Å². The van der Waals surface area contributed by atoms with E-state index in [-0.39, 0.29) is 50.5 Å². The number of ether oxygens (including phenoxy) is 3. The van der Waals surface area contributed by atoms with Crippen LogP contribution >= 0.6 is 15.9 Å². The molecule has 2 N–H and O–H groups in total. The molecular weight excluding hydrogens is 671 g/mol. The van der Waals surface area contributed by atoms with Gasteiger partial charge in [-0.25, -0.2) is 10.2 Å². The number of carbonyl (C=O) groups excluding carboxylic acids is 3. The van der Waals surface area contributed by atoms with Crippen molar-refractivity contribution in [2.45, 2.75) is 13.1 Å². The molecule has 0 saturated carbocycles. The summed E-state index contributed by atoms with van der Waals surface area (Å²) in [4.78, 5) is 40.3. The quantitative estimate of drug-likeness (QED) is 0.0751. The molecule has 0 aliphatic carbocycles. The number of nitrogens with one attached hydrogen (secondary N) is 2. The summed E-state index contributed by atoms with van der Waals surface area (Å²) in [6, 6.07) is 21.1. The Morgan fingerprint density at radius 2 is 1.63 bits per heavy atom. The van der Waals surface area contributed by atoms with E-state index in [2.05, 4.69) is 31.4 Å². The molecule has 0 aliphatic rings. The fourth-order valence-electron chi connectivity index (χ4n) is 4.65. The van der Waals surface area contributed by atoms with Gasteiger partial charge in [-0.05, 0) is 48.0 Å². The molecule has 5 aromatic rings. The lowest BCUT2D eigenvalue weighted by molar-refractivity contribution is -0.136. The van der Waals surface area contributed by atoms with Gasteiger partial charge in [0, 0.05) is 27.9 Å². The second kappa shape index (κ2) is 13.3. The van der Waals surface area contributed by atoms with Crippen LogP contribution in [0.2, 0.25) is 0 Å². The summed E-state index contributed by atoms with van der Waals surface area (Å²) in [5, 5.41) is 4.21. The Kier molecular flexibility index (Phi) is 9.23. The lowest BCUT2D eigenvalue weighted by Gasteiger charge is -2.11. The maximum Gasteiger partial charge on any atom is 0.418 e. The molecule has 0 unspecified atom stereocenters. The Morgan fingerprint density at radius 3 is 2.33 bits per heavy atom. The zero-order chi connectivity index (χ0) is 33.0. The summed E-state index contributed by atoms with van der Waals surface area (Å²) in [5.74, 6) is -1.78. The van der Waals surface area contributed by atoms with Crippen LogP contribution in [0.3, 0.4) is 0 Å². The van der Waals surface area contributed by atoms with E-state index >= 15 is 0 Å². The normalized spacial score (nSPS) is 11.4. The molecule has 1 heterocycles. The van der Waals surface area contributed by atoms with Crippen molar-refractivity contribution in [1.82, 2.24) is 10.4 Å². The Labute approximate surface area is 268 Å². The van der Waals surface area contributed by atoms with E-state index in [1.165, 1.54) is 56.6 Å². The molecule has 1 amide bonds. The van der Waals surface area contributed by atoms with Crippen LogP contribution in [0.15, 0.2) is 94.5 Å². The smallest absolute Gasteiger partial charge is 0.418 e. The van der Waals surface area contributed by atoms with Crippen LogP contribution in [-0.2, 0) is 11.0 Å². The number of benzene rings is 4. The maximum absolute atomic E-state index is 13.8. The second-order valence-electron chi connectivity index (χ2n) is 9.70. The lowest BCUT2D eigenvalue weighted by atomic mass is 10.0. The number of esters is 2. The first-order valence-corrected chi connectivity index (χ1v) is 14.2. The predicted octanol–water partition coefficient (Wildman–Crippen LogP) is 7.53. The average molecular weight is 694 g/mol. The Balaban J connectivity index is 1.42. The number of halogens is 4. The van der Waals surface area contributed by atoms with Crippen LogP contribution in [0, 0.1) is 0 Å². The third kappa shape index (κ3) is 6.94. The second-order valence-corrected chi connectivity index (χ2v) is 10.6. The number of aromatic amines is 1. The first-order valence-electron chi connectivity index (χ1n) is 13.4. The summed E-state index contributed by atoms with van der Waals surface area (Å²) in [6.45, 7) is 1.23. The van der Waals surface area contributed by atoms with Gasteiger partial charge in [0.1, 0.15) is 11.4 Å². The van der Waals surface area contributed by atoms with E-state index in [1.54, 1.807) is 42.5 Å². The van der Waals surface area contributed by atoms with E-state index < -0.39 is 29.6 Å². The highest BCUT2D eigenvalue weighted by Crippen LogP contribution is 2.39. The van der Waals surface area contributed by atoms with E-state index in [4.69, 9.17) is 14.2 Å². The standard InChI is InChI=1S/C33H23BrF3N3O6/c1-18(41)45-26-13-11-20(16-27(26)44-2)32(43)46-25-14-12-22(34)15-21(25)17-38-40-31(42)30-28(19-7-4-3-5-8-19)23-9-6-10-24(29(23)39-30)33(35,36)37/h3-17,39H,1-2H3,(H,40,42). The van der Waals surface area contributed by atoms with Gasteiger partial charge in [0.2, 0.25) is 0 Å². The minimum Gasteiger partial charge on any atom is -0.493 e. The summed E-state index contributed by atoms with van der Waals surface area (Å²) in [5.41, 5.74) is 2.26. The van der Waals surface area contributed by atoms with Crippen molar-refractivity contribution >= 4 is 50.9 Å². The zero-order valence-electron chi connectivity index (χ0n) is 24.1. The van der Waals surface area contributed by atoms with Gasteiger partial charge in [-0.3, -0.25) is 9.59 Å². The third-order valence-electron chi connectivity index (χ3n) is 6.63. The number of hydrogen-bond donors (Lipinski definition) is 2. The molecule has 9 nitrogen and oxygen atoms in total. The number of hydrogen-bond acceptors (Lipinski definition) is 7. The summed E-state index contributed by atoms with van der Waals surface area (Å²) in [6.07, 6.45) is -3.43. The van der Waals surface area contributed by atoms with Crippen molar-refractivity contribution in [2.24, 2.45) is 5.10 Å². The van der Waals surface area contributed by atoms with Crippen LogP contribution in [-0.4, -0.2) is 36.2 Å². The van der Waals surface area contributed by atoms with Gasteiger partial charge in [0.15, 0.2) is 11.5 Å². The van der Waals surface area contributed by atoms with Crippen LogP contribution < -0.4 is 19.6 Å². The Hall–Kier alpha value is -5.43. The number of rotatable bonds is 8. The highest BCUT2D eigenvalue weighted by Gasteiger charge is 2.34. The number of amides is 1. The van der Waals surface area contributed by atoms with E-state index in [9.17, 15) is 27.6 Å². The number of aromatic nitrogens is 1. The maximum atomic E-state index is 13.8. The van der Waals surface area contributed by atoms with Crippen molar-refractivity contribution in [1.29, 1.82) is 0 Å². The fraction of sp³-hybridized carbons (Fsp3) is 0.0909. The van der Waals surface area contributed by atoms with Crippen LogP contribution in [0.4, 0.5) is 13.2 Å². The molecule has 1 aromatic heterocycles. The van der Waals surface area contributed by atoms with Crippen molar-refractivity contribution in [3.8, 4) is 28.4 Å². The first-order chi connectivity index (χ1) is 22.0. The van der Waals surface area contributed by atoms with E-state index in [0.29, 0.717) is 10.0 Å². The van der Waals surface area contributed by atoms with Gasteiger partial charge >= 0.3 is 18.1 Å². The molecule has 0 aliphatic heterocycles. The highest BCUT2D eigenvalue weighted by molar-refractivity contribution is 9.10. The molecule has 0 saturated heterocycles. The van der Waals surface area contributed by atoms with Crippen LogP contribution in [0.5, 0.6) is 17.2 Å². The molecule has 0 atom stereocenters. The van der Waals surface area contributed by atoms with Gasteiger partial charge in [-0.1, -0.05) is 58.4 Å². The van der Waals surface area contributed by atoms with Crippen molar-refractivity contribution < 1.29 is 41.8 Å².